The molecule has 2 aliphatic heterocycles. The van der Waals surface area contributed by atoms with Crippen LogP contribution in [0, 0.1) is 10.4 Å². The maximum atomic E-state index is 12.4. The fraction of sp³-hybridized carbons (Fsp3) is 0. The van der Waals surface area contributed by atoms with Gasteiger partial charge in [-0.1, -0.05) is 36.4 Å². The first-order chi connectivity index (χ1) is 18.3. The largest absolute Gasteiger partial charge is 0.733 e. The van der Waals surface area contributed by atoms with Crippen LogP contribution in [0.1, 0.15) is 22.3 Å². The van der Waals surface area contributed by atoms with Crippen molar-refractivity contribution in [2.75, 3.05) is 10.5 Å². The van der Waals surface area contributed by atoms with Gasteiger partial charge in [0.05, 0.1) is 11.4 Å². The number of esters is 2. The molecule has 5 rings (SSSR count). The van der Waals surface area contributed by atoms with Crippen LogP contribution in [0.2, 0.25) is 0 Å². The van der Waals surface area contributed by atoms with Crippen molar-refractivity contribution < 1.29 is 29.5 Å². The van der Waals surface area contributed by atoms with Crippen LogP contribution in [0.15, 0.2) is 94.2 Å². The Hall–Kier alpha value is -5.14. The van der Waals surface area contributed by atoms with Gasteiger partial charge >= 0.3 is 11.9 Å². The normalized spacial score (nSPS) is 16.8. The Bertz CT molecular complexity index is 1430. The Kier molecular flexibility index (Phi) is 6.51. The summed E-state index contributed by atoms with van der Waals surface area (Å²) in [5.41, 5.74) is -0.491. The fourth-order valence-corrected chi connectivity index (χ4v) is 3.70. The van der Waals surface area contributed by atoms with Crippen molar-refractivity contribution in [2.24, 2.45) is 9.98 Å². The van der Waals surface area contributed by atoms with Gasteiger partial charge in [-0.3, -0.25) is 10.4 Å². The Labute approximate surface area is 214 Å². The maximum Gasteiger partial charge on any atom is 0.363 e. The number of ether oxygens (including phenoxy) is 2. The highest BCUT2D eigenvalue weighted by Gasteiger charge is 2.26. The van der Waals surface area contributed by atoms with Crippen LogP contribution in [-0.2, 0) is 19.1 Å². The molecule has 3 aromatic carbocycles. The van der Waals surface area contributed by atoms with Crippen molar-refractivity contribution in [3.05, 3.63) is 117 Å². The summed E-state index contributed by atoms with van der Waals surface area (Å²) in [4.78, 5) is 33.2. The average Bonchev–Trinajstić information content (AvgIpc) is 3.46. The monoisotopic (exact) mass is 512 g/mol. The third-order valence-electron chi connectivity index (χ3n) is 5.46. The number of aliphatic imine (C=N–C) groups is 2. The molecule has 2 N–H and O–H groups in total. The predicted octanol–water partition coefficient (Wildman–Crippen LogP) is 3.76. The van der Waals surface area contributed by atoms with Gasteiger partial charge in [0.1, 0.15) is 0 Å². The van der Waals surface area contributed by atoms with Gasteiger partial charge in [-0.05, 0) is 48.6 Å². The first-order valence-corrected chi connectivity index (χ1v) is 11.0. The van der Waals surface area contributed by atoms with Crippen molar-refractivity contribution >= 4 is 47.3 Å². The molecule has 0 aliphatic carbocycles. The van der Waals surface area contributed by atoms with E-state index in [2.05, 4.69) is 9.98 Å². The maximum absolute atomic E-state index is 12.4. The third kappa shape index (κ3) is 4.91. The lowest BCUT2D eigenvalue weighted by Crippen LogP contribution is -2.14. The number of cyclic esters (lactones) is 2. The van der Waals surface area contributed by atoms with Gasteiger partial charge < -0.3 is 30.3 Å². The second kappa shape index (κ2) is 10.1. The van der Waals surface area contributed by atoms with Gasteiger partial charge in [-0.25, -0.2) is 19.6 Å². The van der Waals surface area contributed by atoms with E-state index in [0.717, 1.165) is 18.2 Å². The summed E-state index contributed by atoms with van der Waals surface area (Å²) in [6, 6.07) is 19.2. The van der Waals surface area contributed by atoms with E-state index in [0.29, 0.717) is 11.1 Å². The fourth-order valence-electron chi connectivity index (χ4n) is 3.70. The molecule has 2 heterocycles. The van der Waals surface area contributed by atoms with Crippen molar-refractivity contribution in [3.63, 3.8) is 0 Å². The molecule has 12 heteroatoms. The van der Waals surface area contributed by atoms with Crippen molar-refractivity contribution in [3.8, 4) is 0 Å². The third-order valence-corrected chi connectivity index (χ3v) is 5.46. The zero-order valence-corrected chi connectivity index (χ0v) is 19.2. The first-order valence-electron chi connectivity index (χ1n) is 11.0. The van der Waals surface area contributed by atoms with Gasteiger partial charge in [0, 0.05) is 22.3 Å². The Morgan fingerprint density at radius 3 is 1.42 bits per heavy atom. The molecule has 0 amide bonds. The zero-order valence-electron chi connectivity index (χ0n) is 19.2. The number of rotatable bonds is 6. The molecule has 0 aromatic heterocycles. The van der Waals surface area contributed by atoms with Gasteiger partial charge in [0.15, 0.2) is 11.4 Å². The van der Waals surface area contributed by atoms with Crippen molar-refractivity contribution in [1.29, 1.82) is 0 Å². The van der Waals surface area contributed by atoms with Crippen LogP contribution in [0.25, 0.3) is 12.2 Å². The summed E-state index contributed by atoms with van der Waals surface area (Å²) < 4.78 is 10.4. The molecule has 12 nitrogen and oxygen atoms in total. The van der Waals surface area contributed by atoms with Crippen LogP contribution >= 0.6 is 0 Å². The van der Waals surface area contributed by atoms with Crippen molar-refractivity contribution in [2.45, 2.75) is 0 Å². The van der Waals surface area contributed by atoms with E-state index in [-0.39, 0.29) is 34.3 Å². The predicted molar refractivity (Wildman–Crippen MR) is 136 cm³/mol. The van der Waals surface area contributed by atoms with Gasteiger partial charge in [0.2, 0.25) is 11.8 Å². The Morgan fingerprint density at radius 2 is 1.05 bits per heavy atom. The lowest BCUT2D eigenvalue weighted by molar-refractivity contribution is -0.130. The molecule has 0 spiro atoms. The molecular weight excluding hydrogens is 496 g/mol. The minimum absolute atomic E-state index is 0.0305. The Balaban J connectivity index is 1.60. The molecule has 190 valence electrons. The highest BCUT2D eigenvalue weighted by atomic mass is 16.8. The van der Waals surface area contributed by atoms with Gasteiger partial charge in [0.25, 0.3) is 0 Å². The minimum atomic E-state index is -0.821. The van der Waals surface area contributed by atoms with Crippen LogP contribution in [0.4, 0.5) is 11.4 Å². The second-order valence-electron chi connectivity index (χ2n) is 7.92. The van der Waals surface area contributed by atoms with E-state index in [1.807, 2.05) is 0 Å². The van der Waals surface area contributed by atoms with Crippen LogP contribution in [0.3, 0.4) is 0 Å². The van der Waals surface area contributed by atoms with Gasteiger partial charge in [-0.2, -0.15) is 0 Å². The molecule has 2 aliphatic rings. The summed E-state index contributed by atoms with van der Waals surface area (Å²) in [5.74, 6) is -1.58. The van der Waals surface area contributed by atoms with Gasteiger partial charge in [-0.15, -0.1) is 0 Å². The topological polar surface area (TPSA) is 170 Å². The highest BCUT2D eigenvalue weighted by molar-refractivity contribution is 6.14. The lowest BCUT2D eigenvalue weighted by atomic mass is 10.0. The summed E-state index contributed by atoms with van der Waals surface area (Å²) >= 11 is 0. The molecule has 0 saturated carbocycles. The van der Waals surface area contributed by atoms with Crippen molar-refractivity contribution in [1.82, 2.24) is 0 Å². The number of hydrogen-bond donors (Lipinski definition) is 2. The zero-order chi connectivity index (χ0) is 26.8. The van der Waals surface area contributed by atoms with E-state index < -0.39 is 33.8 Å². The number of carbonyl (C=O) groups is 2. The number of nitrogens with zero attached hydrogens (tertiary/aromatic N) is 4. The molecule has 3 aromatic rings. The van der Waals surface area contributed by atoms with E-state index in [4.69, 9.17) is 9.47 Å². The van der Waals surface area contributed by atoms with E-state index in [1.165, 1.54) is 6.07 Å². The SMILES string of the molecule is O=C1OC(c2ccccc2)=NC1=Cc1cc(C=C2N=C(c3ccccc3)OC2=O)c(N([O-])O)cc1N([O-])O. The molecule has 0 radical (unpaired) electrons. The first kappa shape index (κ1) is 24.5. The number of anilines is 2. The Morgan fingerprint density at radius 1 is 0.658 bits per heavy atom. The minimum Gasteiger partial charge on any atom is -0.733 e. The van der Waals surface area contributed by atoms with Crippen LogP contribution in [0.5, 0.6) is 0 Å². The molecule has 38 heavy (non-hydrogen) atoms. The van der Waals surface area contributed by atoms with E-state index in [1.54, 1.807) is 60.7 Å². The molecule has 0 atom stereocenters. The van der Waals surface area contributed by atoms with Crippen LogP contribution < -0.4 is 10.5 Å². The summed E-state index contributed by atoms with van der Waals surface area (Å²) in [6.45, 7) is 0. The number of hydrogen-bond acceptors (Lipinski definition) is 12. The number of carbonyl (C=O) groups excluding carboxylic acids is 2. The lowest BCUT2D eigenvalue weighted by Gasteiger charge is -2.29. The molecule has 0 bridgehead atoms. The quantitative estimate of drug-likeness (QED) is 0.281. The summed E-state index contributed by atoms with van der Waals surface area (Å²) in [7, 11) is 0. The summed E-state index contributed by atoms with van der Waals surface area (Å²) in [5, 5.41) is 41.9. The standard InChI is InChI=1S/C26H16N4O8/c31-25-19(27-23(37-25)15-7-3-1-4-8-15)12-17-11-18(22(30(35)36)14-21(17)29(33)34)13-20-26(32)38-24(28-20)16-9-5-2-6-10-16/h1-14,33,35H/q-2. The van der Waals surface area contributed by atoms with E-state index >= 15 is 0 Å². The van der Waals surface area contributed by atoms with E-state index in [9.17, 15) is 30.4 Å². The second-order valence-corrected chi connectivity index (χ2v) is 7.92. The molecule has 0 saturated heterocycles. The van der Waals surface area contributed by atoms with Crippen LogP contribution in [-0.4, -0.2) is 34.1 Å². The molecular formula is C26H16N4O8-2. The molecule has 0 fully saturated rings. The highest BCUT2D eigenvalue weighted by Crippen LogP contribution is 2.34. The average molecular weight is 512 g/mol. The summed E-state index contributed by atoms with van der Waals surface area (Å²) in [6.07, 6.45) is 2.30. The molecule has 0 unspecified atom stereocenters. The smallest absolute Gasteiger partial charge is 0.363 e. The number of benzene rings is 3.